The first-order valence-electron chi connectivity index (χ1n) is 4.56. The van der Waals surface area contributed by atoms with Crippen LogP contribution in [0.4, 0.5) is 5.69 Å². The van der Waals surface area contributed by atoms with Gasteiger partial charge in [-0.25, -0.2) is 0 Å². The maximum atomic E-state index is 4.96. The van der Waals surface area contributed by atoms with E-state index in [1.54, 1.807) is 7.11 Å². The molecule has 74 valence electrons. The van der Waals surface area contributed by atoms with Crippen LogP contribution >= 0.6 is 0 Å². The molecule has 0 aliphatic rings. The van der Waals surface area contributed by atoms with E-state index in [1.807, 2.05) is 18.3 Å². The maximum absolute atomic E-state index is 4.96. The van der Waals surface area contributed by atoms with Crippen molar-refractivity contribution in [2.75, 3.05) is 25.6 Å². The first kappa shape index (κ1) is 9.02. The monoisotopic (exact) mass is 191 g/mol. The molecule has 0 radical (unpaired) electrons. The zero-order valence-corrected chi connectivity index (χ0v) is 8.08. The molecule has 2 rings (SSSR count). The fourth-order valence-electron chi connectivity index (χ4n) is 1.35. The average Bonchev–Trinajstić information content (AvgIpc) is 2.65. The van der Waals surface area contributed by atoms with Gasteiger partial charge in [0, 0.05) is 24.7 Å². The molecule has 0 fully saturated rings. The number of hydrogen-bond acceptors (Lipinski definition) is 3. The van der Waals surface area contributed by atoms with Crippen LogP contribution in [-0.2, 0) is 4.74 Å². The van der Waals surface area contributed by atoms with Gasteiger partial charge in [-0.1, -0.05) is 0 Å². The van der Waals surface area contributed by atoms with Gasteiger partial charge in [0.15, 0.2) is 0 Å². The molecule has 0 aliphatic heterocycles. The van der Waals surface area contributed by atoms with Crippen molar-refractivity contribution in [1.29, 1.82) is 0 Å². The summed E-state index contributed by atoms with van der Waals surface area (Å²) in [4.78, 5) is 0. The Morgan fingerprint density at radius 3 is 3.29 bits per heavy atom. The lowest BCUT2D eigenvalue weighted by Crippen LogP contribution is -2.07. The molecule has 0 unspecified atom stereocenters. The quantitative estimate of drug-likeness (QED) is 0.722. The van der Waals surface area contributed by atoms with Crippen molar-refractivity contribution in [1.82, 2.24) is 10.2 Å². The van der Waals surface area contributed by atoms with E-state index in [-0.39, 0.29) is 0 Å². The lowest BCUT2D eigenvalue weighted by molar-refractivity contribution is 0.211. The van der Waals surface area contributed by atoms with Crippen LogP contribution in [0.3, 0.4) is 0 Å². The summed E-state index contributed by atoms with van der Waals surface area (Å²) in [6.45, 7) is 1.53. The number of methoxy groups -OCH3 is 1. The molecular formula is C10H13N3O. The van der Waals surface area contributed by atoms with E-state index < -0.39 is 0 Å². The molecule has 0 spiro atoms. The van der Waals surface area contributed by atoms with E-state index in [0.29, 0.717) is 6.61 Å². The van der Waals surface area contributed by atoms with E-state index in [1.165, 1.54) is 0 Å². The Balaban J connectivity index is 2.10. The van der Waals surface area contributed by atoms with Gasteiger partial charge >= 0.3 is 0 Å². The third kappa shape index (κ3) is 1.85. The molecule has 4 heteroatoms. The summed E-state index contributed by atoms with van der Waals surface area (Å²) in [6.07, 6.45) is 1.82. The number of nitrogens with one attached hydrogen (secondary N) is 2. The number of fused-ring (bicyclic) bond motifs is 1. The summed E-state index contributed by atoms with van der Waals surface area (Å²) >= 11 is 0. The molecule has 0 amide bonds. The number of aromatic amines is 1. The fraction of sp³-hybridized carbons (Fsp3) is 0.300. The van der Waals surface area contributed by atoms with Crippen LogP contribution < -0.4 is 5.32 Å². The van der Waals surface area contributed by atoms with Crippen LogP contribution in [0.15, 0.2) is 24.4 Å². The Kier molecular flexibility index (Phi) is 2.65. The van der Waals surface area contributed by atoms with Crippen molar-refractivity contribution in [3.63, 3.8) is 0 Å². The zero-order chi connectivity index (χ0) is 9.80. The standard InChI is InChI=1S/C10H13N3O/c1-14-5-4-11-9-2-3-10-8(6-9)7-12-13-10/h2-3,6-7,11H,4-5H2,1H3,(H,12,13). The highest BCUT2D eigenvalue weighted by Gasteiger charge is 1.96. The number of ether oxygens (including phenoxy) is 1. The van der Waals surface area contributed by atoms with Gasteiger partial charge in [0.1, 0.15) is 0 Å². The van der Waals surface area contributed by atoms with Crippen LogP contribution in [0.1, 0.15) is 0 Å². The number of hydrogen-bond donors (Lipinski definition) is 2. The second-order valence-corrected chi connectivity index (χ2v) is 3.09. The lowest BCUT2D eigenvalue weighted by atomic mass is 10.2. The van der Waals surface area contributed by atoms with Gasteiger partial charge in [-0.15, -0.1) is 0 Å². The molecule has 1 aromatic carbocycles. The molecule has 0 bridgehead atoms. The van der Waals surface area contributed by atoms with Crippen molar-refractivity contribution in [3.05, 3.63) is 24.4 Å². The maximum Gasteiger partial charge on any atom is 0.0651 e. The first-order chi connectivity index (χ1) is 6.90. The number of anilines is 1. The summed E-state index contributed by atoms with van der Waals surface area (Å²) in [5.74, 6) is 0. The molecule has 2 aromatic rings. The third-order valence-corrected chi connectivity index (χ3v) is 2.08. The molecule has 1 aromatic heterocycles. The summed E-state index contributed by atoms with van der Waals surface area (Å²) < 4.78 is 4.96. The smallest absolute Gasteiger partial charge is 0.0651 e. The normalized spacial score (nSPS) is 10.6. The van der Waals surface area contributed by atoms with E-state index >= 15 is 0 Å². The van der Waals surface area contributed by atoms with E-state index in [9.17, 15) is 0 Å². The topological polar surface area (TPSA) is 49.9 Å². The molecular weight excluding hydrogens is 178 g/mol. The highest BCUT2D eigenvalue weighted by atomic mass is 16.5. The Morgan fingerprint density at radius 1 is 1.50 bits per heavy atom. The highest BCUT2D eigenvalue weighted by molar-refractivity contribution is 5.81. The van der Waals surface area contributed by atoms with Gasteiger partial charge in [-0.3, -0.25) is 5.10 Å². The van der Waals surface area contributed by atoms with Crippen molar-refractivity contribution < 1.29 is 4.74 Å². The second kappa shape index (κ2) is 4.11. The minimum Gasteiger partial charge on any atom is -0.383 e. The van der Waals surface area contributed by atoms with E-state index in [0.717, 1.165) is 23.1 Å². The molecule has 0 saturated carbocycles. The molecule has 1 heterocycles. The molecule has 2 N–H and O–H groups in total. The number of rotatable bonds is 4. The minimum absolute atomic E-state index is 0.712. The molecule has 4 nitrogen and oxygen atoms in total. The van der Waals surface area contributed by atoms with Crippen LogP contribution in [-0.4, -0.2) is 30.5 Å². The van der Waals surface area contributed by atoms with Gasteiger partial charge in [0.25, 0.3) is 0 Å². The summed E-state index contributed by atoms with van der Waals surface area (Å²) in [7, 11) is 1.70. The average molecular weight is 191 g/mol. The van der Waals surface area contributed by atoms with Gasteiger partial charge in [-0.2, -0.15) is 5.10 Å². The number of nitrogens with zero attached hydrogens (tertiary/aromatic N) is 1. The summed E-state index contributed by atoms with van der Waals surface area (Å²) in [5, 5.41) is 11.3. The third-order valence-electron chi connectivity index (χ3n) is 2.08. The summed E-state index contributed by atoms with van der Waals surface area (Å²) in [6, 6.07) is 6.10. The lowest BCUT2D eigenvalue weighted by Gasteiger charge is -2.04. The van der Waals surface area contributed by atoms with Crippen molar-refractivity contribution >= 4 is 16.6 Å². The van der Waals surface area contributed by atoms with Crippen molar-refractivity contribution in [2.45, 2.75) is 0 Å². The molecule has 0 saturated heterocycles. The van der Waals surface area contributed by atoms with Crippen molar-refractivity contribution in [3.8, 4) is 0 Å². The van der Waals surface area contributed by atoms with E-state index in [2.05, 4.69) is 21.6 Å². The Labute approximate surface area is 82.3 Å². The molecule has 14 heavy (non-hydrogen) atoms. The zero-order valence-electron chi connectivity index (χ0n) is 8.08. The number of aromatic nitrogens is 2. The molecule has 0 atom stereocenters. The van der Waals surface area contributed by atoms with Gasteiger partial charge in [-0.05, 0) is 18.2 Å². The van der Waals surface area contributed by atoms with Crippen LogP contribution in [0.2, 0.25) is 0 Å². The van der Waals surface area contributed by atoms with Crippen LogP contribution in [0.25, 0.3) is 10.9 Å². The van der Waals surface area contributed by atoms with Gasteiger partial charge in [0.05, 0.1) is 18.3 Å². The number of H-pyrrole nitrogens is 1. The summed E-state index contributed by atoms with van der Waals surface area (Å²) in [5.41, 5.74) is 2.15. The minimum atomic E-state index is 0.712. The van der Waals surface area contributed by atoms with Crippen LogP contribution in [0, 0.1) is 0 Å². The molecule has 0 aliphatic carbocycles. The highest BCUT2D eigenvalue weighted by Crippen LogP contribution is 2.16. The Bertz CT molecular complexity index is 410. The number of benzene rings is 1. The largest absolute Gasteiger partial charge is 0.383 e. The Hall–Kier alpha value is -1.55. The first-order valence-corrected chi connectivity index (χ1v) is 4.56. The second-order valence-electron chi connectivity index (χ2n) is 3.09. The Morgan fingerprint density at radius 2 is 2.43 bits per heavy atom. The fourth-order valence-corrected chi connectivity index (χ4v) is 1.35. The van der Waals surface area contributed by atoms with Crippen LogP contribution in [0.5, 0.6) is 0 Å². The van der Waals surface area contributed by atoms with Gasteiger partial charge < -0.3 is 10.1 Å². The predicted octanol–water partition coefficient (Wildman–Crippen LogP) is 1.62. The predicted molar refractivity (Wildman–Crippen MR) is 56.5 cm³/mol. The SMILES string of the molecule is COCCNc1ccc2[nH]ncc2c1. The van der Waals surface area contributed by atoms with E-state index in [4.69, 9.17) is 4.74 Å². The van der Waals surface area contributed by atoms with Crippen molar-refractivity contribution in [2.24, 2.45) is 0 Å². The van der Waals surface area contributed by atoms with Gasteiger partial charge in [0.2, 0.25) is 0 Å².